The second kappa shape index (κ2) is 4.79. The van der Waals surface area contributed by atoms with E-state index >= 15 is 0 Å². The lowest BCUT2D eigenvalue weighted by Crippen LogP contribution is -2.48. The minimum atomic E-state index is -0.204. The Kier molecular flexibility index (Phi) is 3.19. The first-order valence-corrected chi connectivity index (χ1v) is 7.48. The van der Waals surface area contributed by atoms with Crippen LogP contribution >= 0.6 is 0 Å². The van der Waals surface area contributed by atoms with Crippen molar-refractivity contribution in [3.05, 3.63) is 35.5 Å². The van der Waals surface area contributed by atoms with E-state index in [0.717, 1.165) is 13.0 Å². The number of benzene rings is 1. The number of aryl methyl sites for hydroxylation is 1. The molecule has 0 saturated heterocycles. The molecular weight excluding hydrogens is 262 g/mol. The fraction of sp³-hybridized carbons (Fsp3) is 0.471. The van der Waals surface area contributed by atoms with Crippen LogP contribution in [0.1, 0.15) is 31.9 Å². The van der Waals surface area contributed by atoms with Crippen molar-refractivity contribution in [2.24, 2.45) is 7.05 Å². The summed E-state index contributed by atoms with van der Waals surface area (Å²) in [4.78, 5) is 14.4. The summed E-state index contributed by atoms with van der Waals surface area (Å²) in [6, 6.07) is 6.38. The molecule has 112 valence electrons. The summed E-state index contributed by atoms with van der Waals surface area (Å²) in [5.41, 5.74) is 3.63. The Morgan fingerprint density at radius 3 is 2.71 bits per heavy atom. The number of hydrogen-bond donors (Lipinski definition) is 1. The molecular formula is C17H23N3O. The second-order valence-corrected chi connectivity index (χ2v) is 6.93. The quantitative estimate of drug-likeness (QED) is 0.793. The number of amides is 2. The van der Waals surface area contributed by atoms with E-state index in [2.05, 4.69) is 41.3 Å². The maximum atomic E-state index is 12.4. The van der Waals surface area contributed by atoms with E-state index in [-0.39, 0.29) is 11.6 Å². The highest BCUT2D eigenvalue weighted by atomic mass is 16.2. The van der Waals surface area contributed by atoms with Gasteiger partial charge in [0, 0.05) is 42.8 Å². The van der Waals surface area contributed by atoms with Crippen LogP contribution in [0.2, 0.25) is 0 Å². The van der Waals surface area contributed by atoms with Crippen molar-refractivity contribution in [2.45, 2.75) is 39.3 Å². The lowest BCUT2D eigenvalue weighted by Gasteiger charge is -2.27. The lowest BCUT2D eigenvalue weighted by atomic mass is 10.1. The molecule has 1 aliphatic heterocycles. The average Bonchev–Trinajstić information content (AvgIpc) is 2.59. The van der Waals surface area contributed by atoms with Crippen LogP contribution in [0.3, 0.4) is 0 Å². The van der Waals surface area contributed by atoms with E-state index in [4.69, 9.17) is 0 Å². The Labute approximate surface area is 125 Å². The number of carbonyl (C=O) groups excluding carboxylic acids is 1. The number of rotatable bonds is 0. The van der Waals surface area contributed by atoms with E-state index in [1.165, 1.54) is 22.0 Å². The molecule has 2 amide bonds. The first-order valence-electron chi connectivity index (χ1n) is 7.48. The fourth-order valence-corrected chi connectivity index (χ4v) is 3.05. The topological polar surface area (TPSA) is 37.3 Å². The van der Waals surface area contributed by atoms with Crippen molar-refractivity contribution < 1.29 is 4.79 Å². The van der Waals surface area contributed by atoms with Crippen LogP contribution in [-0.4, -0.2) is 27.6 Å². The van der Waals surface area contributed by atoms with Crippen molar-refractivity contribution in [3.8, 4) is 0 Å². The monoisotopic (exact) mass is 285 g/mol. The molecule has 4 nitrogen and oxygen atoms in total. The Morgan fingerprint density at radius 1 is 1.24 bits per heavy atom. The number of aromatic nitrogens is 1. The summed E-state index contributed by atoms with van der Waals surface area (Å²) in [7, 11) is 2.08. The molecule has 1 aromatic heterocycles. The van der Waals surface area contributed by atoms with Gasteiger partial charge in [-0.1, -0.05) is 12.1 Å². The highest BCUT2D eigenvalue weighted by Gasteiger charge is 2.24. The number of carbonyl (C=O) groups is 1. The molecule has 1 N–H and O–H groups in total. The SMILES string of the molecule is Cn1cc2c3c(cccc31)CN(C(=O)NC(C)(C)C)CC2. The lowest BCUT2D eigenvalue weighted by molar-refractivity contribution is 0.187. The molecule has 4 heteroatoms. The van der Waals surface area contributed by atoms with Crippen LogP contribution in [0.4, 0.5) is 4.79 Å². The van der Waals surface area contributed by atoms with E-state index < -0.39 is 0 Å². The van der Waals surface area contributed by atoms with Crippen molar-refractivity contribution in [1.29, 1.82) is 0 Å². The number of urea groups is 1. The molecule has 0 bridgehead atoms. The highest BCUT2D eigenvalue weighted by Crippen LogP contribution is 2.28. The molecule has 1 aromatic carbocycles. The molecule has 21 heavy (non-hydrogen) atoms. The highest BCUT2D eigenvalue weighted by molar-refractivity contribution is 5.88. The third-order valence-corrected chi connectivity index (χ3v) is 3.96. The van der Waals surface area contributed by atoms with Gasteiger partial charge in [-0.05, 0) is 44.4 Å². The summed E-state index contributed by atoms with van der Waals surface area (Å²) in [5.74, 6) is 0. The van der Waals surface area contributed by atoms with Crippen LogP contribution in [0.5, 0.6) is 0 Å². The zero-order valence-electron chi connectivity index (χ0n) is 13.2. The van der Waals surface area contributed by atoms with Gasteiger partial charge in [-0.3, -0.25) is 0 Å². The molecule has 0 unspecified atom stereocenters. The van der Waals surface area contributed by atoms with Crippen LogP contribution in [0, 0.1) is 0 Å². The van der Waals surface area contributed by atoms with Gasteiger partial charge in [-0.25, -0.2) is 4.79 Å². The molecule has 0 spiro atoms. The van der Waals surface area contributed by atoms with Crippen molar-refractivity contribution in [3.63, 3.8) is 0 Å². The Balaban J connectivity index is 1.93. The summed E-state index contributed by atoms with van der Waals surface area (Å²) in [6.45, 7) is 7.47. The first kappa shape index (κ1) is 14.0. The van der Waals surface area contributed by atoms with Gasteiger partial charge in [-0.2, -0.15) is 0 Å². The van der Waals surface area contributed by atoms with Crippen LogP contribution < -0.4 is 5.32 Å². The zero-order valence-corrected chi connectivity index (χ0v) is 13.2. The third-order valence-electron chi connectivity index (χ3n) is 3.96. The van der Waals surface area contributed by atoms with Gasteiger partial charge in [0.1, 0.15) is 0 Å². The maximum absolute atomic E-state index is 12.4. The first-order chi connectivity index (χ1) is 9.85. The molecule has 3 rings (SSSR count). The molecule has 1 aliphatic rings. The minimum Gasteiger partial charge on any atom is -0.350 e. The Hall–Kier alpha value is -1.97. The van der Waals surface area contributed by atoms with Crippen LogP contribution in [-0.2, 0) is 20.0 Å². The largest absolute Gasteiger partial charge is 0.350 e. The maximum Gasteiger partial charge on any atom is 0.318 e. The Bertz CT molecular complexity index is 694. The summed E-state index contributed by atoms with van der Waals surface area (Å²) < 4.78 is 2.18. The van der Waals surface area contributed by atoms with Crippen LogP contribution in [0.15, 0.2) is 24.4 Å². The summed E-state index contributed by atoms with van der Waals surface area (Å²) in [5, 5.41) is 4.39. The fourth-order valence-electron chi connectivity index (χ4n) is 3.05. The van der Waals surface area contributed by atoms with Gasteiger partial charge >= 0.3 is 6.03 Å². The molecule has 0 radical (unpaired) electrons. The van der Waals surface area contributed by atoms with Gasteiger partial charge in [0.15, 0.2) is 0 Å². The smallest absolute Gasteiger partial charge is 0.318 e. The summed E-state index contributed by atoms with van der Waals surface area (Å²) >= 11 is 0. The molecule has 0 fully saturated rings. The molecule has 0 atom stereocenters. The predicted molar refractivity (Wildman–Crippen MR) is 85.3 cm³/mol. The minimum absolute atomic E-state index is 0.0223. The zero-order chi connectivity index (χ0) is 15.2. The van der Waals surface area contributed by atoms with E-state index in [0.29, 0.717) is 6.54 Å². The summed E-state index contributed by atoms with van der Waals surface area (Å²) in [6.07, 6.45) is 3.10. The molecule has 2 aromatic rings. The average molecular weight is 285 g/mol. The second-order valence-electron chi connectivity index (χ2n) is 6.93. The third kappa shape index (κ3) is 2.62. The predicted octanol–water partition coefficient (Wildman–Crippen LogP) is 3.04. The van der Waals surface area contributed by atoms with Gasteiger partial charge in [0.25, 0.3) is 0 Å². The Morgan fingerprint density at radius 2 is 2.00 bits per heavy atom. The van der Waals surface area contributed by atoms with Gasteiger partial charge in [0.2, 0.25) is 0 Å². The van der Waals surface area contributed by atoms with Gasteiger partial charge < -0.3 is 14.8 Å². The van der Waals surface area contributed by atoms with Crippen LogP contribution in [0.25, 0.3) is 10.9 Å². The number of hydrogen-bond acceptors (Lipinski definition) is 1. The normalized spacial score (nSPS) is 15.1. The molecule has 0 saturated carbocycles. The van der Waals surface area contributed by atoms with E-state index in [9.17, 15) is 4.79 Å². The van der Waals surface area contributed by atoms with Gasteiger partial charge in [-0.15, -0.1) is 0 Å². The van der Waals surface area contributed by atoms with Crippen molar-refractivity contribution >= 4 is 16.9 Å². The molecule has 2 heterocycles. The van der Waals surface area contributed by atoms with Crippen molar-refractivity contribution in [1.82, 2.24) is 14.8 Å². The molecule has 0 aliphatic carbocycles. The number of nitrogens with one attached hydrogen (secondary N) is 1. The van der Waals surface area contributed by atoms with E-state index in [1.54, 1.807) is 0 Å². The van der Waals surface area contributed by atoms with E-state index in [1.807, 2.05) is 25.7 Å². The number of nitrogens with zero attached hydrogens (tertiary/aromatic N) is 2. The van der Waals surface area contributed by atoms with Crippen molar-refractivity contribution in [2.75, 3.05) is 6.54 Å². The standard InChI is InChI=1S/C17H23N3O/c1-17(2,3)18-16(21)20-9-8-13-10-19(4)14-7-5-6-12(11-20)15(13)14/h5-7,10H,8-9,11H2,1-4H3,(H,18,21). The van der Waals surface area contributed by atoms with Gasteiger partial charge in [0.05, 0.1) is 0 Å².